The van der Waals surface area contributed by atoms with E-state index in [2.05, 4.69) is 10.6 Å². The van der Waals surface area contributed by atoms with E-state index in [1.54, 1.807) is 18.2 Å². The average Bonchev–Trinajstić information content (AvgIpc) is 2.53. The first kappa shape index (κ1) is 16.6. The zero-order valence-corrected chi connectivity index (χ0v) is 13.4. The minimum absolute atomic E-state index is 0.0143. The predicted molar refractivity (Wildman–Crippen MR) is 91.8 cm³/mol. The van der Waals surface area contributed by atoms with Crippen molar-refractivity contribution in [1.82, 2.24) is 5.32 Å². The first-order valence-electron chi connectivity index (χ1n) is 7.04. The maximum absolute atomic E-state index is 12.1. The molecule has 2 N–H and O–H groups in total. The fourth-order valence-corrected chi connectivity index (χ4v) is 2.07. The van der Waals surface area contributed by atoms with Crippen molar-refractivity contribution < 1.29 is 4.79 Å². The maximum Gasteiger partial charge on any atom is 0.267 e. The maximum atomic E-state index is 12.1. The summed E-state index contributed by atoms with van der Waals surface area (Å²) < 4.78 is 0. The molecule has 23 heavy (non-hydrogen) atoms. The third kappa shape index (κ3) is 5.17. The zero-order chi connectivity index (χ0) is 16.7. The summed E-state index contributed by atoms with van der Waals surface area (Å²) in [6.07, 6.45) is 1.42. The molecule has 2 aromatic carbocycles. The number of amides is 1. The van der Waals surface area contributed by atoms with Crippen molar-refractivity contribution in [1.29, 1.82) is 5.26 Å². The monoisotopic (exact) mass is 325 g/mol. The van der Waals surface area contributed by atoms with Gasteiger partial charge < -0.3 is 10.6 Å². The van der Waals surface area contributed by atoms with Crippen LogP contribution < -0.4 is 10.6 Å². The van der Waals surface area contributed by atoms with Gasteiger partial charge in [0.1, 0.15) is 11.6 Å². The van der Waals surface area contributed by atoms with Crippen LogP contribution in [0.5, 0.6) is 0 Å². The van der Waals surface area contributed by atoms with Crippen molar-refractivity contribution in [2.75, 3.05) is 5.32 Å². The van der Waals surface area contributed by atoms with Gasteiger partial charge in [-0.1, -0.05) is 35.9 Å². The van der Waals surface area contributed by atoms with Gasteiger partial charge in [-0.2, -0.15) is 5.26 Å². The molecule has 0 aliphatic heterocycles. The number of hydrogen-bond donors (Lipinski definition) is 2. The van der Waals surface area contributed by atoms with E-state index < -0.39 is 5.91 Å². The summed E-state index contributed by atoms with van der Waals surface area (Å²) in [5.74, 6) is -0.443. The highest BCUT2D eigenvalue weighted by atomic mass is 35.5. The van der Waals surface area contributed by atoms with Gasteiger partial charge in [0.15, 0.2) is 0 Å². The number of aryl methyl sites for hydroxylation is 1. The Labute approximate surface area is 140 Å². The molecule has 0 bridgehead atoms. The number of nitrogens with zero attached hydrogens (tertiary/aromatic N) is 1. The fraction of sp³-hybridized carbons (Fsp3) is 0.111. The van der Waals surface area contributed by atoms with Crippen molar-refractivity contribution in [2.45, 2.75) is 13.5 Å². The molecule has 2 rings (SSSR count). The molecule has 0 aliphatic carbocycles. The molecule has 0 saturated heterocycles. The second-order valence-corrected chi connectivity index (χ2v) is 5.44. The van der Waals surface area contributed by atoms with Gasteiger partial charge in [0.25, 0.3) is 5.91 Å². The van der Waals surface area contributed by atoms with Crippen molar-refractivity contribution in [3.8, 4) is 6.07 Å². The number of anilines is 1. The van der Waals surface area contributed by atoms with Crippen LogP contribution in [0.2, 0.25) is 5.02 Å². The molecule has 0 aromatic heterocycles. The van der Waals surface area contributed by atoms with Crippen LogP contribution in [-0.2, 0) is 11.3 Å². The number of nitriles is 1. The standard InChI is InChI=1S/C18H16ClN3O/c1-13-3-2-4-17(9-13)22-18(23)15(10-20)12-21-11-14-5-7-16(19)8-6-14/h2-9,12,21H,11H2,1H3,(H,22,23)/b15-12-. The molecule has 0 saturated carbocycles. The second kappa shape index (κ2) is 8.02. The Kier molecular flexibility index (Phi) is 5.79. The number of nitrogens with one attached hydrogen (secondary N) is 2. The van der Waals surface area contributed by atoms with E-state index in [1.807, 2.05) is 43.3 Å². The van der Waals surface area contributed by atoms with E-state index in [-0.39, 0.29) is 5.57 Å². The fourth-order valence-electron chi connectivity index (χ4n) is 1.94. The van der Waals surface area contributed by atoms with Crippen LogP contribution in [0.15, 0.2) is 60.3 Å². The van der Waals surface area contributed by atoms with Crippen LogP contribution in [0.25, 0.3) is 0 Å². The first-order chi connectivity index (χ1) is 11.1. The summed E-state index contributed by atoms with van der Waals surface area (Å²) in [5, 5.41) is 15.5. The van der Waals surface area contributed by atoms with Gasteiger partial charge in [0.05, 0.1) is 0 Å². The Morgan fingerprint density at radius 3 is 2.65 bits per heavy atom. The summed E-state index contributed by atoms with van der Waals surface area (Å²) in [5.41, 5.74) is 2.71. The number of halogens is 1. The first-order valence-corrected chi connectivity index (χ1v) is 7.42. The summed E-state index contributed by atoms with van der Waals surface area (Å²) in [6, 6.07) is 16.6. The number of rotatable bonds is 5. The van der Waals surface area contributed by atoms with Crippen molar-refractivity contribution in [3.63, 3.8) is 0 Å². The number of hydrogen-bond acceptors (Lipinski definition) is 3. The van der Waals surface area contributed by atoms with Crippen LogP contribution in [0.1, 0.15) is 11.1 Å². The number of carbonyl (C=O) groups is 1. The summed E-state index contributed by atoms with van der Waals surface area (Å²) in [4.78, 5) is 12.1. The molecule has 0 aliphatic rings. The highest BCUT2D eigenvalue weighted by Crippen LogP contribution is 2.11. The van der Waals surface area contributed by atoms with E-state index in [4.69, 9.17) is 16.9 Å². The Morgan fingerprint density at radius 2 is 2.00 bits per heavy atom. The molecule has 0 fully saturated rings. The Bertz CT molecular complexity index is 761. The SMILES string of the molecule is Cc1cccc(NC(=O)/C(C#N)=C\NCc2ccc(Cl)cc2)c1. The normalized spacial score (nSPS) is 10.7. The van der Waals surface area contributed by atoms with E-state index in [9.17, 15) is 4.79 Å². The Morgan fingerprint density at radius 1 is 1.26 bits per heavy atom. The van der Waals surface area contributed by atoms with Crippen LogP contribution in [0.3, 0.4) is 0 Å². The highest BCUT2D eigenvalue weighted by Gasteiger charge is 2.09. The van der Waals surface area contributed by atoms with Gasteiger partial charge >= 0.3 is 0 Å². The molecule has 0 radical (unpaired) electrons. The smallest absolute Gasteiger partial charge is 0.267 e. The van der Waals surface area contributed by atoms with Gasteiger partial charge in [-0.05, 0) is 42.3 Å². The van der Waals surface area contributed by atoms with E-state index in [0.29, 0.717) is 17.3 Å². The molecule has 0 unspecified atom stereocenters. The molecule has 2 aromatic rings. The van der Waals surface area contributed by atoms with E-state index in [0.717, 1.165) is 11.1 Å². The van der Waals surface area contributed by atoms with Gasteiger partial charge in [-0.25, -0.2) is 0 Å². The van der Waals surface area contributed by atoms with Crippen LogP contribution >= 0.6 is 11.6 Å². The zero-order valence-electron chi connectivity index (χ0n) is 12.6. The van der Waals surface area contributed by atoms with Gasteiger partial charge in [0, 0.05) is 23.5 Å². The van der Waals surface area contributed by atoms with Crippen molar-refractivity contribution >= 4 is 23.2 Å². The minimum Gasteiger partial charge on any atom is -0.386 e. The van der Waals surface area contributed by atoms with Gasteiger partial charge in [-0.3, -0.25) is 4.79 Å². The lowest BCUT2D eigenvalue weighted by Gasteiger charge is -2.06. The predicted octanol–water partition coefficient (Wildman–Crippen LogP) is 3.78. The van der Waals surface area contributed by atoms with Gasteiger partial charge in [-0.15, -0.1) is 0 Å². The molecule has 4 nitrogen and oxygen atoms in total. The molecule has 1 amide bonds. The summed E-state index contributed by atoms with van der Waals surface area (Å²) >= 11 is 5.82. The minimum atomic E-state index is -0.443. The molecule has 116 valence electrons. The molecule has 5 heteroatoms. The number of carbonyl (C=O) groups excluding carboxylic acids is 1. The van der Waals surface area contributed by atoms with Crippen LogP contribution in [-0.4, -0.2) is 5.91 Å². The molecule has 0 heterocycles. The Balaban J connectivity index is 1.96. The van der Waals surface area contributed by atoms with Gasteiger partial charge in [0.2, 0.25) is 0 Å². The molecule has 0 atom stereocenters. The van der Waals surface area contributed by atoms with Crippen LogP contribution in [0.4, 0.5) is 5.69 Å². The molecular formula is C18H16ClN3O. The lowest BCUT2D eigenvalue weighted by atomic mass is 10.2. The molecule has 0 spiro atoms. The lowest BCUT2D eigenvalue weighted by molar-refractivity contribution is -0.112. The van der Waals surface area contributed by atoms with Crippen LogP contribution in [0, 0.1) is 18.3 Å². The quantitative estimate of drug-likeness (QED) is 0.649. The van der Waals surface area contributed by atoms with Crippen molar-refractivity contribution in [2.24, 2.45) is 0 Å². The summed E-state index contributed by atoms with van der Waals surface area (Å²) in [6.45, 7) is 2.43. The largest absolute Gasteiger partial charge is 0.386 e. The lowest BCUT2D eigenvalue weighted by Crippen LogP contribution is -2.16. The third-order valence-corrected chi connectivity index (χ3v) is 3.36. The van der Waals surface area contributed by atoms with Crippen molar-refractivity contribution in [3.05, 3.63) is 76.5 Å². The Hall–Kier alpha value is -2.77. The average molecular weight is 326 g/mol. The second-order valence-electron chi connectivity index (χ2n) is 5.00. The highest BCUT2D eigenvalue weighted by molar-refractivity contribution is 6.30. The third-order valence-electron chi connectivity index (χ3n) is 3.11. The number of benzene rings is 2. The van der Waals surface area contributed by atoms with E-state index >= 15 is 0 Å². The summed E-state index contributed by atoms with van der Waals surface area (Å²) in [7, 11) is 0. The topological polar surface area (TPSA) is 64.9 Å². The molecular weight excluding hydrogens is 310 g/mol. The van der Waals surface area contributed by atoms with E-state index in [1.165, 1.54) is 6.20 Å².